The third kappa shape index (κ3) is 3.73. The Bertz CT molecular complexity index is 1090. The molecule has 2 aromatic carbocycles. The number of thioether (sulfide) groups is 1. The molecular formula is C22H19N3O4S. The molecule has 152 valence electrons. The summed E-state index contributed by atoms with van der Waals surface area (Å²) in [4.78, 5) is 46.2. The largest absolute Gasteiger partial charge is 0.343 e. The van der Waals surface area contributed by atoms with Gasteiger partial charge in [-0.3, -0.25) is 14.2 Å². The van der Waals surface area contributed by atoms with Gasteiger partial charge in [0.15, 0.2) is 5.16 Å². The molecule has 0 aliphatic carbocycles. The molecule has 0 bridgehead atoms. The number of hydrogen-bond donors (Lipinski definition) is 0. The van der Waals surface area contributed by atoms with Gasteiger partial charge in [-0.15, -0.1) is 0 Å². The molecule has 0 radical (unpaired) electrons. The molecule has 2 amide bonds. The number of hydrogen-bond acceptors (Lipinski definition) is 6. The van der Waals surface area contributed by atoms with Crippen molar-refractivity contribution in [2.75, 3.05) is 5.75 Å². The highest BCUT2D eigenvalue weighted by Crippen LogP contribution is 2.25. The molecule has 2 heterocycles. The summed E-state index contributed by atoms with van der Waals surface area (Å²) in [6.45, 7) is 4.26. The van der Waals surface area contributed by atoms with Gasteiger partial charge in [0, 0.05) is 18.1 Å². The number of carbonyl (C=O) groups is 3. The fourth-order valence-corrected chi connectivity index (χ4v) is 3.85. The van der Waals surface area contributed by atoms with E-state index in [2.05, 4.69) is 31.0 Å². The number of carbonyl (C=O) groups excluding carboxylic acids is 3. The predicted molar refractivity (Wildman–Crippen MR) is 111 cm³/mol. The summed E-state index contributed by atoms with van der Waals surface area (Å²) in [5.74, 6) is -1.65. The molecule has 0 N–H and O–H groups in total. The van der Waals surface area contributed by atoms with Crippen LogP contribution in [-0.4, -0.2) is 38.2 Å². The second kappa shape index (κ2) is 8.16. The Kier molecular flexibility index (Phi) is 5.41. The van der Waals surface area contributed by atoms with Gasteiger partial charge in [-0.1, -0.05) is 54.9 Å². The molecule has 1 aliphatic rings. The number of fused-ring (bicyclic) bond motifs is 1. The first kappa shape index (κ1) is 19.9. The Balaban J connectivity index is 1.40. The van der Waals surface area contributed by atoms with Gasteiger partial charge in [0.1, 0.15) is 5.75 Å². The van der Waals surface area contributed by atoms with Crippen molar-refractivity contribution in [2.45, 2.75) is 24.9 Å². The Hall–Kier alpha value is -3.39. The quantitative estimate of drug-likeness (QED) is 0.444. The van der Waals surface area contributed by atoms with E-state index in [1.807, 2.05) is 22.9 Å². The Morgan fingerprint density at radius 2 is 1.67 bits per heavy atom. The number of imide groups is 1. The minimum atomic E-state index is -0.709. The maximum Gasteiger partial charge on any atom is 0.343 e. The predicted octanol–water partition coefficient (Wildman–Crippen LogP) is 3.84. The minimum Gasteiger partial charge on any atom is -0.329 e. The Morgan fingerprint density at radius 1 is 1.03 bits per heavy atom. The third-order valence-corrected chi connectivity index (χ3v) is 5.65. The molecule has 7 nitrogen and oxygen atoms in total. The van der Waals surface area contributed by atoms with Crippen LogP contribution in [0.4, 0.5) is 0 Å². The van der Waals surface area contributed by atoms with Crippen molar-refractivity contribution in [3.8, 4) is 5.69 Å². The molecule has 0 atom stereocenters. The van der Waals surface area contributed by atoms with Crippen LogP contribution in [0.15, 0.2) is 66.1 Å². The minimum absolute atomic E-state index is 0.103. The first-order valence-electron chi connectivity index (χ1n) is 9.41. The van der Waals surface area contributed by atoms with Crippen LogP contribution < -0.4 is 0 Å². The standard InChI is InChI=1S/C22H19N3O4S/c1-14(2)15-7-9-16(10-8-15)24-12-11-23-22(24)30-13-19(26)29-25-20(27)17-5-3-4-6-18(17)21(25)28/h3-12,14H,13H2,1-2H3. The molecular weight excluding hydrogens is 402 g/mol. The first-order valence-corrected chi connectivity index (χ1v) is 10.4. The van der Waals surface area contributed by atoms with Gasteiger partial charge in [0.25, 0.3) is 11.8 Å². The number of hydroxylamine groups is 2. The zero-order valence-corrected chi connectivity index (χ0v) is 17.3. The Labute approximate surface area is 177 Å². The van der Waals surface area contributed by atoms with Crippen molar-refractivity contribution >= 4 is 29.5 Å². The van der Waals surface area contributed by atoms with Gasteiger partial charge in [0.05, 0.1) is 11.1 Å². The number of rotatable bonds is 6. The molecule has 1 aromatic heterocycles. The van der Waals surface area contributed by atoms with E-state index in [0.29, 0.717) is 16.1 Å². The second-order valence-corrected chi connectivity index (χ2v) is 7.97. The van der Waals surface area contributed by atoms with E-state index in [0.717, 1.165) is 17.4 Å². The van der Waals surface area contributed by atoms with Crippen LogP contribution in [0.3, 0.4) is 0 Å². The molecule has 4 rings (SSSR count). The summed E-state index contributed by atoms with van der Waals surface area (Å²) in [5, 5.41) is 1.12. The van der Waals surface area contributed by atoms with E-state index in [1.54, 1.807) is 18.3 Å². The fraction of sp³-hybridized carbons (Fsp3) is 0.182. The second-order valence-electron chi connectivity index (χ2n) is 7.03. The zero-order chi connectivity index (χ0) is 21.3. The van der Waals surface area contributed by atoms with E-state index in [-0.39, 0.29) is 16.9 Å². The summed E-state index contributed by atoms with van der Waals surface area (Å²) in [7, 11) is 0. The highest BCUT2D eigenvalue weighted by Gasteiger charge is 2.38. The summed E-state index contributed by atoms with van der Waals surface area (Å²) >= 11 is 1.16. The SMILES string of the molecule is CC(C)c1ccc(-n2ccnc2SCC(=O)ON2C(=O)c3ccccc3C2=O)cc1. The van der Waals surface area contributed by atoms with Gasteiger partial charge in [0.2, 0.25) is 0 Å². The number of benzene rings is 2. The molecule has 1 aliphatic heterocycles. The van der Waals surface area contributed by atoms with Crippen LogP contribution in [0.2, 0.25) is 0 Å². The lowest BCUT2D eigenvalue weighted by molar-refractivity contribution is -0.165. The topological polar surface area (TPSA) is 81.5 Å². The number of amides is 2. The monoisotopic (exact) mass is 421 g/mol. The van der Waals surface area contributed by atoms with Crippen molar-refractivity contribution in [3.63, 3.8) is 0 Å². The molecule has 0 saturated carbocycles. The van der Waals surface area contributed by atoms with Gasteiger partial charge >= 0.3 is 5.97 Å². The molecule has 0 spiro atoms. The summed E-state index contributed by atoms with van der Waals surface area (Å²) in [5.41, 5.74) is 2.61. The maximum atomic E-state index is 12.3. The molecule has 3 aromatic rings. The van der Waals surface area contributed by atoms with Crippen LogP contribution in [0, 0.1) is 0 Å². The van der Waals surface area contributed by atoms with Crippen molar-refractivity contribution in [3.05, 3.63) is 77.6 Å². The maximum absolute atomic E-state index is 12.3. The third-order valence-electron chi connectivity index (χ3n) is 4.71. The highest BCUT2D eigenvalue weighted by atomic mass is 32.2. The Morgan fingerprint density at radius 3 is 2.27 bits per heavy atom. The number of imidazole rings is 1. The van der Waals surface area contributed by atoms with Crippen molar-refractivity contribution in [2.24, 2.45) is 0 Å². The van der Waals surface area contributed by atoms with E-state index < -0.39 is 17.8 Å². The lowest BCUT2D eigenvalue weighted by Crippen LogP contribution is -2.33. The van der Waals surface area contributed by atoms with Gasteiger partial charge < -0.3 is 4.84 Å². The lowest BCUT2D eigenvalue weighted by Gasteiger charge is -2.13. The molecule has 0 saturated heterocycles. The van der Waals surface area contributed by atoms with Crippen molar-refractivity contribution < 1.29 is 19.2 Å². The summed E-state index contributed by atoms with van der Waals surface area (Å²) < 4.78 is 1.87. The molecule has 8 heteroatoms. The van der Waals surface area contributed by atoms with Gasteiger partial charge in [-0.2, -0.15) is 0 Å². The van der Waals surface area contributed by atoms with Gasteiger partial charge in [-0.05, 0) is 35.7 Å². The highest BCUT2D eigenvalue weighted by molar-refractivity contribution is 7.99. The van der Waals surface area contributed by atoms with E-state index in [9.17, 15) is 14.4 Å². The average molecular weight is 421 g/mol. The molecule has 0 unspecified atom stereocenters. The zero-order valence-electron chi connectivity index (χ0n) is 16.4. The van der Waals surface area contributed by atoms with Crippen LogP contribution in [0.25, 0.3) is 5.69 Å². The average Bonchev–Trinajstić information content (AvgIpc) is 3.32. The normalized spacial score (nSPS) is 13.1. The van der Waals surface area contributed by atoms with Crippen molar-refractivity contribution in [1.82, 2.24) is 14.6 Å². The van der Waals surface area contributed by atoms with Crippen LogP contribution in [0.1, 0.15) is 46.0 Å². The molecule has 0 fully saturated rings. The lowest BCUT2D eigenvalue weighted by atomic mass is 10.0. The first-order chi connectivity index (χ1) is 14.5. The van der Waals surface area contributed by atoms with E-state index in [4.69, 9.17) is 4.84 Å². The fourth-order valence-electron chi connectivity index (χ4n) is 3.11. The van der Waals surface area contributed by atoms with Gasteiger partial charge in [-0.25, -0.2) is 9.78 Å². The summed E-state index contributed by atoms with van der Waals surface area (Å²) in [6.07, 6.45) is 3.45. The number of nitrogens with zero attached hydrogens (tertiary/aromatic N) is 3. The van der Waals surface area contributed by atoms with E-state index >= 15 is 0 Å². The molecule has 30 heavy (non-hydrogen) atoms. The van der Waals surface area contributed by atoms with E-state index in [1.165, 1.54) is 17.7 Å². The van der Waals surface area contributed by atoms with Crippen LogP contribution >= 0.6 is 11.8 Å². The van der Waals surface area contributed by atoms with Crippen molar-refractivity contribution in [1.29, 1.82) is 0 Å². The van der Waals surface area contributed by atoms with Crippen LogP contribution in [-0.2, 0) is 9.63 Å². The van der Waals surface area contributed by atoms with Crippen LogP contribution in [0.5, 0.6) is 0 Å². The summed E-state index contributed by atoms with van der Waals surface area (Å²) in [6, 6.07) is 14.5. The smallest absolute Gasteiger partial charge is 0.329 e. The number of aromatic nitrogens is 2.